The first-order chi connectivity index (χ1) is 9.90. The van der Waals surface area contributed by atoms with Gasteiger partial charge in [0.2, 0.25) is 0 Å². The fourth-order valence-corrected chi connectivity index (χ4v) is 2.54. The van der Waals surface area contributed by atoms with Crippen molar-refractivity contribution < 1.29 is 14.3 Å². The van der Waals surface area contributed by atoms with Crippen LogP contribution in [0.5, 0.6) is 0 Å². The number of carbonyl (C=O) groups is 2. The quantitative estimate of drug-likeness (QED) is 0.638. The van der Waals surface area contributed by atoms with Crippen LogP contribution in [0.15, 0.2) is 24.3 Å². The highest BCUT2D eigenvalue weighted by Gasteiger charge is 2.17. The Morgan fingerprint density at radius 3 is 2.52 bits per heavy atom. The molecule has 0 fully saturated rings. The summed E-state index contributed by atoms with van der Waals surface area (Å²) in [5.74, 6) is -1.12. The number of fused-ring (bicyclic) bond motifs is 1. The van der Waals surface area contributed by atoms with Crippen LogP contribution in [0.2, 0.25) is 0 Å². The summed E-state index contributed by atoms with van der Waals surface area (Å²) in [6.45, 7) is 4.05. The Hall–Kier alpha value is -2.14. The van der Waals surface area contributed by atoms with Crippen molar-refractivity contribution in [3.8, 4) is 0 Å². The molecule has 112 valence electrons. The van der Waals surface area contributed by atoms with E-state index in [1.165, 1.54) is 12.5 Å². The molecule has 2 aromatic rings. The molecular formula is C16H20N2O3. The number of carbonyl (C=O) groups excluding carboxylic acids is 2. The summed E-state index contributed by atoms with van der Waals surface area (Å²) >= 11 is 0. The van der Waals surface area contributed by atoms with Crippen molar-refractivity contribution in [2.24, 2.45) is 0 Å². The van der Waals surface area contributed by atoms with Crippen molar-refractivity contribution in [3.05, 3.63) is 35.5 Å². The van der Waals surface area contributed by atoms with E-state index in [9.17, 15) is 9.59 Å². The highest BCUT2D eigenvalue weighted by molar-refractivity contribution is 5.88. The van der Waals surface area contributed by atoms with Crippen molar-refractivity contribution in [2.45, 2.75) is 26.9 Å². The van der Waals surface area contributed by atoms with Gasteiger partial charge in [0.05, 0.1) is 0 Å². The molecule has 0 N–H and O–H groups in total. The topological polar surface area (TPSA) is 51.5 Å². The minimum absolute atomic E-state index is 0.0410. The summed E-state index contributed by atoms with van der Waals surface area (Å²) in [6, 6.07) is 7.95. The zero-order valence-corrected chi connectivity index (χ0v) is 12.8. The molecule has 0 spiro atoms. The van der Waals surface area contributed by atoms with Crippen LogP contribution in [0.3, 0.4) is 0 Å². The molecule has 0 bridgehead atoms. The highest BCUT2D eigenvalue weighted by atomic mass is 16.6. The van der Waals surface area contributed by atoms with E-state index >= 15 is 0 Å². The van der Waals surface area contributed by atoms with Crippen LogP contribution >= 0.6 is 0 Å². The smallest absolute Gasteiger partial charge is 0.333 e. The summed E-state index contributed by atoms with van der Waals surface area (Å²) in [6.07, 6.45) is 0. The average Bonchev–Trinajstić information content (AvgIpc) is 2.63. The van der Waals surface area contributed by atoms with Gasteiger partial charge < -0.3 is 14.2 Å². The van der Waals surface area contributed by atoms with Crippen LogP contribution in [0.4, 0.5) is 0 Å². The molecule has 0 unspecified atom stereocenters. The number of nitrogens with zero attached hydrogens (tertiary/aromatic N) is 2. The van der Waals surface area contributed by atoms with Gasteiger partial charge in [0.15, 0.2) is 0 Å². The lowest BCUT2D eigenvalue weighted by atomic mass is 10.1. The van der Waals surface area contributed by atoms with Gasteiger partial charge in [-0.15, -0.1) is 0 Å². The van der Waals surface area contributed by atoms with E-state index < -0.39 is 11.9 Å². The predicted octanol–water partition coefficient (Wildman–Crippen LogP) is 2.10. The second-order valence-corrected chi connectivity index (χ2v) is 5.37. The summed E-state index contributed by atoms with van der Waals surface area (Å²) < 4.78 is 6.54. The number of rotatable bonds is 4. The summed E-state index contributed by atoms with van der Waals surface area (Å²) in [5, 5.41) is 1.12. The van der Waals surface area contributed by atoms with Crippen molar-refractivity contribution in [2.75, 3.05) is 14.1 Å². The van der Waals surface area contributed by atoms with Crippen LogP contribution in [-0.4, -0.2) is 35.5 Å². The van der Waals surface area contributed by atoms with Gasteiger partial charge in [0.1, 0.15) is 6.54 Å². The van der Waals surface area contributed by atoms with Crippen LogP contribution in [0.25, 0.3) is 10.9 Å². The van der Waals surface area contributed by atoms with Crippen molar-refractivity contribution >= 4 is 22.8 Å². The molecule has 1 aromatic carbocycles. The lowest BCUT2D eigenvalue weighted by Gasteiger charge is -2.11. The van der Waals surface area contributed by atoms with Gasteiger partial charge in [0.25, 0.3) is 0 Å². The van der Waals surface area contributed by atoms with E-state index in [1.54, 1.807) is 0 Å². The molecule has 0 atom stereocenters. The molecule has 1 aromatic heterocycles. The van der Waals surface area contributed by atoms with Gasteiger partial charge in [-0.2, -0.15) is 0 Å². The molecule has 0 amide bonds. The lowest BCUT2D eigenvalue weighted by Crippen LogP contribution is -2.17. The molecular weight excluding hydrogens is 268 g/mol. The van der Waals surface area contributed by atoms with Crippen molar-refractivity contribution in [3.63, 3.8) is 0 Å². The van der Waals surface area contributed by atoms with Gasteiger partial charge >= 0.3 is 11.9 Å². The van der Waals surface area contributed by atoms with E-state index in [0.717, 1.165) is 23.1 Å². The summed E-state index contributed by atoms with van der Waals surface area (Å²) in [7, 11) is 4.02. The van der Waals surface area contributed by atoms with Gasteiger partial charge in [-0.1, -0.05) is 18.2 Å². The second-order valence-electron chi connectivity index (χ2n) is 5.37. The van der Waals surface area contributed by atoms with Crippen molar-refractivity contribution in [1.29, 1.82) is 0 Å². The van der Waals surface area contributed by atoms with Gasteiger partial charge in [-0.25, -0.2) is 4.79 Å². The first kappa shape index (κ1) is 15.3. The molecule has 1 heterocycles. The van der Waals surface area contributed by atoms with Crippen molar-refractivity contribution in [1.82, 2.24) is 9.47 Å². The van der Waals surface area contributed by atoms with E-state index in [4.69, 9.17) is 0 Å². The van der Waals surface area contributed by atoms with E-state index in [2.05, 4.69) is 9.64 Å². The number of benzene rings is 1. The fourth-order valence-electron chi connectivity index (χ4n) is 2.54. The molecule has 0 saturated heterocycles. The second kappa shape index (κ2) is 6.10. The number of para-hydroxylation sites is 1. The van der Waals surface area contributed by atoms with Gasteiger partial charge in [-0.05, 0) is 32.6 Å². The first-order valence-electron chi connectivity index (χ1n) is 6.83. The third-order valence-corrected chi connectivity index (χ3v) is 3.38. The zero-order valence-electron chi connectivity index (χ0n) is 12.8. The van der Waals surface area contributed by atoms with Gasteiger partial charge in [-0.3, -0.25) is 4.79 Å². The Bertz CT molecular complexity index is 686. The monoisotopic (exact) mass is 288 g/mol. The fraction of sp³-hybridized carbons (Fsp3) is 0.375. The first-order valence-corrected chi connectivity index (χ1v) is 6.83. The molecule has 0 aliphatic carbocycles. The Morgan fingerprint density at radius 1 is 1.24 bits per heavy atom. The highest BCUT2D eigenvalue weighted by Crippen LogP contribution is 2.26. The van der Waals surface area contributed by atoms with E-state index in [-0.39, 0.29) is 6.54 Å². The largest absolute Gasteiger partial charge is 0.392 e. The molecule has 0 aliphatic rings. The number of hydrogen-bond donors (Lipinski definition) is 0. The minimum atomic E-state index is -0.581. The third-order valence-electron chi connectivity index (χ3n) is 3.38. The molecule has 0 aliphatic heterocycles. The number of esters is 2. The molecule has 5 nitrogen and oxygen atoms in total. The Labute approximate surface area is 124 Å². The Balaban J connectivity index is 2.45. The maximum absolute atomic E-state index is 11.8. The van der Waals surface area contributed by atoms with Crippen LogP contribution < -0.4 is 0 Å². The SMILES string of the molecule is CC(=O)OC(=O)Cn1c(C)c(CN(C)C)c2ccccc21. The molecule has 5 heteroatoms. The van der Waals surface area contributed by atoms with Crippen LogP contribution in [0, 0.1) is 6.92 Å². The molecule has 2 rings (SSSR count). The lowest BCUT2D eigenvalue weighted by molar-refractivity contribution is -0.158. The molecule has 21 heavy (non-hydrogen) atoms. The normalized spacial score (nSPS) is 11.1. The maximum atomic E-state index is 11.8. The van der Waals surface area contributed by atoms with E-state index in [0.29, 0.717) is 0 Å². The molecule has 0 saturated carbocycles. The van der Waals surface area contributed by atoms with Crippen LogP contribution in [0.1, 0.15) is 18.2 Å². The Morgan fingerprint density at radius 2 is 1.90 bits per heavy atom. The maximum Gasteiger partial charge on any atom is 0.333 e. The number of aromatic nitrogens is 1. The zero-order chi connectivity index (χ0) is 15.6. The predicted molar refractivity (Wildman–Crippen MR) is 80.8 cm³/mol. The summed E-state index contributed by atoms with van der Waals surface area (Å²) in [5.41, 5.74) is 3.18. The average molecular weight is 288 g/mol. The van der Waals surface area contributed by atoms with Gasteiger partial charge in [0, 0.05) is 30.1 Å². The number of hydrogen-bond acceptors (Lipinski definition) is 4. The Kier molecular flexibility index (Phi) is 4.43. The van der Waals surface area contributed by atoms with Crippen LogP contribution in [-0.2, 0) is 27.4 Å². The molecule has 0 radical (unpaired) electrons. The number of ether oxygens (including phenoxy) is 1. The standard InChI is InChI=1S/C16H20N2O3/c1-11-14(9-17(3)4)13-7-5-6-8-15(13)18(11)10-16(20)21-12(2)19/h5-8H,9-10H2,1-4H3. The summed E-state index contributed by atoms with van der Waals surface area (Å²) in [4.78, 5) is 24.8. The third kappa shape index (κ3) is 3.31. The minimum Gasteiger partial charge on any atom is -0.392 e. The van der Waals surface area contributed by atoms with E-state index in [1.807, 2.05) is 49.9 Å².